The topological polar surface area (TPSA) is 98.2 Å². The van der Waals surface area contributed by atoms with Crippen molar-refractivity contribution in [3.63, 3.8) is 0 Å². The summed E-state index contributed by atoms with van der Waals surface area (Å²) in [6.07, 6.45) is 2.56. The van der Waals surface area contributed by atoms with Crippen LogP contribution in [0.25, 0.3) is 0 Å². The molecule has 12 heavy (non-hydrogen) atoms. The molecule has 0 aliphatic rings. The molecule has 0 fully saturated rings. The van der Waals surface area contributed by atoms with Gasteiger partial charge in [0.1, 0.15) is 0 Å². The number of carbonyl (C=O) groups excluding carboxylic acids is 2. The van der Waals surface area contributed by atoms with E-state index >= 15 is 0 Å². The summed E-state index contributed by atoms with van der Waals surface area (Å²) < 4.78 is 0. The Morgan fingerprint density at radius 2 is 2.17 bits per heavy atom. The highest BCUT2D eigenvalue weighted by Gasteiger charge is 2.10. The first kappa shape index (κ1) is 11.1. The minimum Gasteiger partial charge on any atom is -0.330 e. The number of hydrogen-bond donors (Lipinski definition) is 3. The van der Waals surface area contributed by atoms with Crippen LogP contribution in [0.1, 0.15) is 19.3 Å². The number of imide groups is 1. The van der Waals surface area contributed by atoms with Gasteiger partial charge in [0.05, 0.1) is 6.04 Å². The van der Waals surface area contributed by atoms with Gasteiger partial charge < -0.3 is 11.5 Å². The van der Waals surface area contributed by atoms with E-state index in [0.717, 1.165) is 12.8 Å². The second-order valence-electron chi connectivity index (χ2n) is 2.52. The van der Waals surface area contributed by atoms with Gasteiger partial charge in [0.2, 0.25) is 12.3 Å². The van der Waals surface area contributed by atoms with Gasteiger partial charge in [-0.15, -0.1) is 0 Å². The molecule has 0 bridgehead atoms. The Bertz CT molecular complexity index is 150. The number of nitrogens with one attached hydrogen (secondary N) is 1. The van der Waals surface area contributed by atoms with Crippen LogP contribution >= 0.6 is 0 Å². The van der Waals surface area contributed by atoms with Gasteiger partial charge in [-0.1, -0.05) is 6.42 Å². The first-order valence-corrected chi connectivity index (χ1v) is 3.92. The second kappa shape index (κ2) is 6.75. The maximum Gasteiger partial charge on any atom is 0.243 e. The molecule has 5 nitrogen and oxygen atoms in total. The molecular formula is C7H15N3O2. The third kappa shape index (κ3) is 4.81. The van der Waals surface area contributed by atoms with Crippen molar-refractivity contribution in [2.75, 3.05) is 6.54 Å². The van der Waals surface area contributed by atoms with Gasteiger partial charge in [-0.05, 0) is 19.4 Å². The van der Waals surface area contributed by atoms with Crippen molar-refractivity contribution >= 4 is 12.3 Å². The Morgan fingerprint density at radius 3 is 2.67 bits per heavy atom. The molecular weight excluding hydrogens is 158 g/mol. The fourth-order valence-electron chi connectivity index (χ4n) is 0.805. The normalized spacial score (nSPS) is 12.2. The highest BCUT2D eigenvalue weighted by Crippen LogP contribution is 1.97. The molecule has 0 heterocycles. The standard InChI is InChI=1S/C7H15N3O2/c8-4-2-1-3-6(9)7(12)10-5-11/h5-6H,1-4,8-9H2,(H,10,11,12)/t6-/m0/s1. The van der Waals surface area contributed by atoms with E-state index in [4.69, 9.17) is 11.5 Å². The van der Waals surface area contributed by atoms with E-state index in [2.05, 4.69) is 0 Å². The van der Waals surface area contributed by atoms with E-state index < -0.39 is 11.9 Å². The van der Waals surface area contributed by atoms with Crippen LogP contribution in [0.15, 0.2) is 0 Å². The van der Waals surface area contributed by atoms with Crippen LogP contribution < -0.4 is 16.8 Å². The Balaban J connectivity index is 3.49. The lowest BCUT2D eigenvalue weighted by molar-refractivity contribution is -0.126. The van der Waals surface area contributed by atoms with Crippen molar-refractivity contribution in [3.8, 4) is 0 Å². The largest absolute Gasteiger partial charge is 0.330 e. The highest BCUT2D eigenvalue weighted by molar-refractivity contribution is 5.89. The monoisotopic (exact) mass is 173 g/mol. The van der Waals surface area contributed by atoms with Crippen molar-refractivity contribution in [2.45, 2.75) is 25.3 Å². The van der Waals surface area contributed by atoms with Gasteiger partial charge in [0.15, 0.2) is 0 Å². The molecule has 2 amide bonds. The lowest BCUT2D eigenvalue weighted by Gasteiger charge is -2.07. The molecule has 0 spiro atoms. The molecule has 5 heteroatoms. The van der Waals surface area contributed by atoms with E-state index in [-0.39, 0.29) is 0 Å². The molecule has 0 aliphatic heterocycles. The fraction of sp³-hybridized carbons (Fsp3) is 0.714. The number of unbranched alkanes of at least 4 members (excludes halogenated alkanes) is 1. The Labute approximate surface area is 71.5 Å². The first-order chi connectivity index (χ1) is 5.72. The minimum absolute atomic E-state index is 0.338. The Morgan fingerprint density at radius 1 is 1.50 bits per heavy atom. The molecule has 0 rings (SSSR count). The van der Waals surface area contributed by atoms with Crippen LogP contribution in [0, 0.1) is 0 Å². The summed E-state index contributed by atoms with van der Waals surface area (Å²) >= 11 is 0. The van der Waals surface area contributed by atoms with E-state index in [1.54, 1.807) is 0 Å². The summed E-state index contributed by atoms with van der Waals surface area (Å²) in [6.45, 7) is 0.599. The third-order valence-electron chi connectivity index (χ3n) is 1.51. The van der Waals surface area contributed by atoms with E-state index in [9.17, 15) is 9.59 Å². The van der Waals surface area contributed by atoms with Gasteiger partial charge >= 0.3 is 0 Å². The summed E-state index contributed by atoms with van der Waals surface area (Å²) in [6, 6.07) is -0.596. The van der Waals surface area contributed by atoms with Gasteiger partial charge in [0, 0.05) is 0 Å². The predicted octanol–water partition coefficient (Wildman–Crippen LogP) is -1.28. The summed E-state index contributed by atoms with van der Waals surface area (Å²) in [5.74, 6) is -0.429. The molecule has 0 radical (unpaired) electrons. The zero-order chi connectivity index (χ0) is 9.40. The van der Waals surface area contributed by atoms with Gasteiger partial charge in [0.25, 0.3) is 0 Å². The van der Waals surface area contributed by atoms with Crippen molar-refractivity contribution < 1.29 is 9.59 Å². The lowest BCUT2D eigenvalue weighted by Crippen LogP contribution is -2.39. The molecule has 0 aliphatic carbocycles. The zero-order valence-corrected chi connectivity index (χ0v) is 6.95. The van der Waals surface area contributed by atoms with Crippen molar-refractivity contribution in [3.05, 3.63) is 0 Å². The summed E-state index contributed by atoms with van der Waals surface area (Å²) in [5, 5.41) is 2.00. The average Bonchev–Trinajstić information content (AvgIpc) is 2.05. The van der Waals surface area contributed by atoms with Gasteiger partial charge in [-0.25, -0.2) is 0 Å². The van der Waals surface area contributed by atoms with Crippen molar-refractivity contribution in [1.82, 2.24) is 5.32 Å². The number of rotatable bonds is 6. The number of carbonyl (C=O) groups is 2. The fourth-order valence-corrected chi connectivity index (χ4v) is 0.805. The zero-order valence-electron chi connectivity index (χ0n) is 6.95. The maximum atomic E-state index is 10.8. The smallest absolute Gasteiger partial charge is 0.243 e. The Kier molecular flexibility index (Phi) is 6.22. The molecule has 0 aromatic heterocycles. The molecule has 5 N–H and O–H groups in total. The number of nitrogens with two attached hydrogens (primary N) is 2. The Hall–Kier alpha value is -0.940. The van der Waals surface area contributed by atoms with Gasteiger partial charge in [-0.2, -0.15) is 0 Å². The number of amides is 2. The average molecular weight is 173 g/mol. The summed E-state index contributed by atoms with van der Waals surface area (Å²) in [5.41, 5.74) is 10.7. The predicted molar refractivity (Wildman–Crippen MR) is 45.1 cm³/mol. The van der Waals surface area contributed by atoms with Crippen molar-refractivity contribution in [1.29, 1.82) is 0 Å². The number of hydrogen-bond acceptors (Lipinski definition) is 4. The summed E-state index contributed by atoms with van der Waals surface area (Å²) in [7, 11) is 0. The van der Waals surface area contributed by atoms with Crippen LogP contribution in [0.3, 0.4) is 0 Å². The third-order valence-corrected chi connectivity index (χ3v) is 1.51. The highest BCUT2D eigenvalue weighted by atomic mass is 16.2. The van der Waals surface area contributed by atoms with Crippen LogP contribution in [-0.4, -0.2) is 24.9 Å². The molecule has 0 unspecified atom stereocenters. The van der Waals surface area contributed by atoms with E-state index in [0.29, 0.717) is 19.4 Å². The maximum absolute atomic E-state index is 10.8. The molecule has 1 atom stereocenters. The molecule has 0 saturated carbocycles. The molecule has 0 saturated heterocycles. The first-order valence-electron chi connectivity index (χ1n) is 3.92. The molecule has 0 aromatic rings. The summed E-state index contributed by atoms with van der Waals surface area (Å²) in [4.78, 5) is 20.7. The van der Waals surface area contributed by atoms with Crippen LogP contribution in [-0.2, 0) is 9.59 Å². The minimum atomic E-state index is -0.596. The SMILES string of the molecule is NCCCC[C@H](N)C(=O)NC=O. The van der Waals surface area contributed by atoms with Crippen LogP contribution in [0.5, 0.6) is 0 Å². The second-order valence-corrected chi connectivity index (χ2v) is 2.52. The van der Waals surface area contributed by atoms with Gasteiger partial charge in [-0.3, -0.25) is 14.9 Å². The van der Waals surface area contributed by atoms with Crippen LogP contribution in [0.2, 0.25) is 0 Å². The molecule has 70 valence electrons. The van der Waals surface area contributed by atoms with E-state index in [1.807, 2.05) is 5.32 Å². The quantitative estimate of drug-likeness (QED) is 0.344. The van der Waals surface area contributed by atoms with Crippen molar-refractivity contribution in [2.24, 2.45) is 11.5 Å². The van der Waals surface area contributed by atoms with Crippen LogP contribution in [0.4, 0.5) is 0 Å². The molecule has 0 aromatic carbocycles. The van der Waals surface area contributed by atoms with E-state index in [1.165, 1.54) is 0 Å². The lowest BCUT2D eigenvalue weighted by atomic mass is 10.1.